The molecule has 0 bridgehead atoms. The second-order valence-corrected chi connectivity index (χ2v) is 2.99. The standard InChI is InChI=1S/C9H15NO2/c1-8(2)12-5-3-9-7-11-6-4-10-9/h8-10H,4,6-7H2,1-2H3/t9-/m0/s1. The van der Waals surface area contributed by atoms with Crippen LogP contribution in [0.4, 0.5) is 0 Å². The Balaban J connectivity index is 2.21. The summed E-state index contributed by atoms with van der Waals surface area (Å²) < 4.78 is 10.3. The average molecular weight is 169 g/mol. The molecule has 0 aromatic heterocycles. The predicted octanol–water partition coefficient (Wildman–Crippen LogP) is 0.361. The van der Waals surface area contributed by atoms with Crippen molar-refractivity contribution in [2.75, 3.05) is 19.8 Å². The van der Waals surface area contributed by atoms with Crippen molar-refractivity contribution in [3.8, 4) is 12.0 Å². The molecule has 1 fully saturated rings. The minimum absolute atomic E-state index is 0.137. The summed E-state index contributed by atoms with van der Waals surface area (Å²) in [4.78, 5) is 0. The number of hydrogen-bond acceptors (Lipinski definition) is 3. The Hall–Kier alpha value is -0.720. The smallest absolute Gasteiger partial charge is 0.112 e. The number of ether oxygens (including phenoxy) is 2. The first-order chi connectivity index (χ1) is 5.79. The average Bonchev–Trinajstić information content (AvgIpc) is 2.05. The molecule has 0 radical (unpaired) electrons. The fourth-order valence-electron chi connectivity index (χ4n) is 0.881. The first-order valence-corrected chi connectivity index (χ1v) is 4.26. The SMILES string of the molecule is CC(C)OC#C[C@H]1COCCN1. The highest BCUT2D eigenvalue weighted by atomic mass is 16.5. The van der Waals surface area contributed by atoms with E-state index in [1.54, 1.807) is 0 Å². The molecule has 0 aromatic carbocycles. The topological polar surface area (TPSA) is 30.5 Å². The summed E-state index contributed by atoms with van der Waals surface area (Å²) in [6.45, 7) is 6.23. The molecule has 3 nitrogen and oxygen atoms in total. The highest BCUT2D eigenvalue weighted by Gasteiger charge is 2.08. The van der Waals surface area contributed by atoms with Crippen LogP contribution in [0.2, 0.25) is 0 Å². The molecule has 1 saturated heterocycles. The van der Waals surface area contributed by atoms with E-state index < -0.39 is 0 Å². The molecule has 12 heavy (non-hydrogen) atoms. The normalized spacial score (nSPS) is 23.1. The maximum atomic E-state index is 5.22. The lowest BCUT2D eigenvalue weighted by Gasteiger charge is -2.18. The summed E-state index contributed by atoms with van der Waals surface area (Å²) in [7, 11) is 0. The molecule has 0 spiro atoms. The summed E-state index contributed by atoms with van der Waals surface area (Å²) in [5.74, 6) is 2.94. The van der Waals surface area contributed by atoms with Gasteiger partial charge >= 0.3 is 0 Å². The Morgan fingerprint density at radius 1 is 1.58 bits per heavy atom. The summed E-state index contributed by atoms with van der Waals surface area (Å²) in [6.07, 6.45) is 2.83. The van der Waals surface area contributed by atoms with Gasteiger partial charge in [-0.3, -0.25) is 5.32 Å². The van der Waals surface area contributed by atoms with Crippen LogP contribution in [-0.2, 0) is 9.47 Å². The zero-order valence-electron chi connectivity index (χ0n) is 7.59. The molecule has 1 aliphatic heterocycles. The van der Waals surface area contributed by atoms with E-state index >= 15 is 0 Å². The molecule has 0 saturated carbocycles. The number of rotatable bonds is 1. The molecule has 68 valence electrons. The first kappa shape index (κ1) is 9.37. The monoisotopic (exact) mass is 169 g/mol. The molecule has 1 atom stereocenters. The maximum absolute atomic E-state index is 5.22. The molecule has 1 rings (SSSR count). The molecule has 1 heterocycles. The highest BCUT2D eigenvalue weighted by Crippen LogP contribution is 1.91. The van der Waals surface area contributed by atoms with Crippen LogP contribution in [0.15, 0.2) is 0 Å². The van der Waals surface area contributed by atoms with E-state index in [9.17, 15) is 0 Å². The zero-order chi connectivity index (χ0) is 8.81. The van der Waals surface area contributed by atoms with Crippen molar-refractivity contribution >= 4 is 0 Å². The van der Waals surface area contributed by atoms with Gasteiger partial charge in [0.25, 0.3) is 0 Å². The van der Waals surface area contributed by atoms with E-state index in [0.29, 0.717) is 6.61 Å². The molecule has 0 unspecified atom stereocenters. The van der Waals surface area contributed by atoms with Crippen molar-refractivity contribution in [3.63, 3.8) is 0 Å². The van der Waals surface area contributed by atoms with Crippen LogP contribution in [0.1, 0.15) is 13.8 Å². The zero-order valence-corrected chi connectivity index (χ0v) is 7.59. The molecular weight excluding hydrogens is 154 g/mol. The Morgan fingerprint density at radius 2 is 2.42 bits per heavy atom. The van der Waals surface area contributed by atoms with E-state index in [2.05, 4.69) is 17.3 Å². The summed E-state index contributed by atoms with van der Waals surface area (Å²) in [5.41, 5.74) is 0. The number of nitrogens with one attached hydrogen (secondary N) is 1. The van der Waals surface area contributed by atoms with E-state index in [0.717, 1.165) is 13.2 Å². The van der Waals surface area contributed by atoms with E-state index in [1.165, 1.54) is 0 Å². The van der Waals surface area contributed by atoms with Gasteiger partial charge in [0.2, 0.25) is 0 Å². The predicted molar refractivity (Wildman–Crippen MR) is 46.6 cm³/mol. The maximum Gasteiger partial charge on any atom is 0.112 e. The van der Waals surface area contributed by atoms with E-state index in [-0.39, 0.29) is 12.1 Å². The molecule has 1 aliphatic rings. The van der Waals surface area contributed by atoms with Crippen LogP contribution in [0.5, 0.6) is 0 Å². The van der Waals surface area contributed by atoms with Crippen LogP contribution in [-0.4, -0.2) is 31.9 Å². The molecule has 0 amide bonds. The summed E-state index contributed by atoms with van der Waals surface area (Å²) in [6, 6.07) is 0.137. The lowest BCUT2D eigenvalue weighted by Crippen LogP contribution is -2.40. The van der Waals surface area contributed by atoms with Crippen molar-refractivity contribution in [3.05, 3.63) is 0 Å². The van der Waals surface area contributed by atoms with Crippen LogP contribution in [0.25, 0.3) is 0 Å². The van der Waals surface area contributed by atoms with E-state index in [1.807, 2.05) is 13.8 Å². The fraction of sp³-hybridized carbons (Fsp3) is 0.778. The van der Waals surface area contributed by atoms with Gasteiger partial charge in [-0.2, -0.15) is 0 Å². The molecule has 1 N–H and O–H groups in total. The largest absolute Gasteiger partial charge is 0.444 e. The molecular formula is C9H15NO2. The van der Waals surface area contributed by atoms with E-state index in [4.69, 9.17) is 9.47 Å². The van der Waals surface area contributed by atoms with Crippen LogP contribution in [0.3, 0.4) is 0 Å². The lowest BCUT2D eigenvalue weighted by molar-refractivity contribution is 0.0919. The van der Waals surface area contributed by atoms with Crippen molar-refractivity contribution < 1.29 is 9.47 Å². The van der Waals surface area contributed by atoms with Gasteiger partial charge in [0.05, 0.1) is 19.3 Å². The molecule has 0 aliphatic carbocycles. The van der Waals surface area contributed by atoms with Crippen LogP contribution < -0.4 is 5.32 Å². The Morgan fingerprint density at radius 3 is 3.00 bits per heavy atom. The summed E-state index contributed by atoms with van der Waals surface area (Å²) in [5, 5.41) is 3.21. The quantitative estimate of drug-likeness (QED) is 0.575. The van der Waals surface area contributed by atoms with Crippen molar-refractivity contribution in [1.82, 2.24) is 5.32 Å². The second kappa shape index (κ2) is 5.02. The number of hydrogen-bond donors (Lipinski definition) is 1. The second-order valence-electron chi connectivity index (χ2n) is 2.99. The molecule has 3 heteroatoms. The van der Waals surface area contributed by atoms with Gasteiger partial charge in [-0.15, -0.1) is 0 Å². The van der Waals surface area contributed by atoms with Crippen molar-refractivity contribution in [1.29, 1.82) is 0 Å². The van der Waals surface area contributed by atoms with Gasteiger partial charge in [0.1, 0.15) is 12.2 Å². The van der Waals surface area contributed by atoms with Gasteiger partial charge in [-0.25, -0.2) is 0 Å². The summed E-state index contributed by atoms with van der Waals surface area (Å²) >= 11 is 0. The third kappa shape index (κ3) is 3.61. The highest BCUT2D eigenvalue weighted by molar-refractivity contribution is 5.04. The molecule has 0 aromatic rings. The van der Waals surface area contributed by atoms with Gasteiger partial charge in [0, 0.05) is 6.54 Å². The third-order valence-corrected chi connectivity index (χ3v) is 1.45. The Kier molecular flexibility index (Phi) is 3.92. The van der Waals surface area contributed by atoms with Gasteiger partial charge in [-0.05, 0) is 19.8 Å². The van der Waals surface area contributed by atoms with Crippen molar-refractivity contribution in [2.24, 2.45) is 0 Å². The first-order valence-electron chi connectivity index (χ1n) is 4.26. The Bertz CT molecular complexity index is 175. The van der Waals surface area contributed by atoms with Crippen molar-refractivity contribution in [2.45, 2.75) is 26.0 Å². The van der Waals surface area contributed by atoms with Gasteiger partial charge < -0.3 is 9.47 Å². The minimum atomic E-state index is 0.137. The Labute approximate surface area is 73.4 Å². The lowest BCUT2D eigenvalue weighted by atomic mass is 10.3. The minimum Gasteiger partial charge on any atom is -0.444 e. The van der Waals surface area contributed by atoms with Gasteiger partial charge in [0.15, 0.2) is 0 Å². The van der Waals surface area contributed by atoms with Gasteiger partial charge in [-0.1, -0.05) is 0 Å². The fourth-order valence-corrected chi connectivity index (χ4v) is 0.881. The van der Waals surface area contributed by atoms with Crippen LogP contribution >= 0.6 is 0 Å². The van der Waals surface area contributed by atoms with Crippen LogP contribution in [0, 0.1) is 12.0 Å². The third-order valence-electron chi connectivity index (χ3n) is 1.45. The number of morpholine rings is 1.